The highest BCUT2D eigenvalue weighted by atomic mass is 16.5. The lowest BCUT2D eigenvalue weighted by Crippen LogP contribution is -2.07. The van der Waals surface area contributed by atoms with Crippen LogP contribution >= 0.6 is 0 Å². The summed E-state index contributed by atoms with van der Waals surface area (Å²) in [5, 5.41) is 0. The van der Waals surface area contributed by atoms with Crippen LogP contribution in [-0.2, 0) is 6.42 Å². The maximum absolute atomic E-state index is 12.2. The molecular formula is C16H12N4O2. The van der Waals surface area contributed by atoms with E-state index in [2.05, 4.69) is 19.9 Å². The van der Waals surface area contributed by atoms with Crippen LogP contribution in [0.3, 0.4) is 0 Å². The average molecular weight is 292 g/mol. The Kier molecular flexibility index (Phi) is 4.10. The molecule has 22 heavy (non-hydrogen) atoms. The molecule has 0 aliphatic carbocycles. The molecule has 0 aromatic carbocycles. The number of nitrogens with zero attached hydrogens (tertiary/aromatic N) is 4. The summed E-state index contributed by atoms with van der Waals surface area (Å²) in [6.07, 6.45) is 7.90. The van der Waals surface area contributed by atoms with E-state index in [0.29, 0.717) is 22.9 Å². The Labute approximate surface area is 126 Å². The van der Waals surface area contributed by atoms with Gasteiger partial charge in [-0.3, -0.25) is 14.8 Å². The standard InChI is InChI=1S/C16H12N4O2/c21-16(7-12-3-1-2-5-19-12)15-8-13(4-6-20-15)22-14-9-17-11-18-10-14/h1-6,8-11H,7H2. The van der Waals surface area contributed by atoms with E-state index in [0.717, 1.165) is 0 Å². The molecule has 6 heteroatoms. The molecule has 0 fully saturated rings. The smallest absolute Gasteiger partial charge is 0.187 e. The first-order chi connectivity index (χ1) is 10.8. The monoisotopic (exact) mass is 292 g/mol. The fraction of sp³-hybridized carbons (Fsp3) is 0.0625. The molecule has 0 aliphatic rings. The number of pyridine rings is 2. The number of ketones is 1. The van der Waals surface area contributed by atoms with E-state index >= 15 is 0 Å². The topological polar surface area (TPSA) is 77.9 Å². The number of hydrogen-bond donors (Lipinski definition) is 0. The van der Waals surface area contributed by atoms with Gasteiger partial charge < -0.3 is 4.74 Å². The number of ether oxygens (including phenoxy) is 1. The van der Waals surface area contributed by atoms with Crippen molar-refractivity contribution >= 4 is 5.78 Å². The number of hydrogen-bond acceptors (Lipinski definition) is 6. The molecule has 0 radical (unpaired) electrons. The summed E-state index contributed by atoms with van der Waals surface area (Å²) >= 11 is 0. The molecule has 0 saturated carbocycles. The Morgan fingerprint density at radius 3 is 2.64 bits per heavy atom. The van der Waals surface area contributed by atoms with Crippen LogP contribution < -0.4 is 4.74 Å². The molecule has 0 bridgehead atoms. The largest absolute Gasteiger partial charge is 0.454 e. The second-order valence-corrected chi connectivity index (χ2v) is 4.47. The van der Waals surface area contributed by atoms with Crippen molar-refractivity contribution in [1.29, 1.82) is 0 Å². The number of rotatable bonds is 5. The quantitative estimate of drug-likeness (QED) is 0.672. The summed E-state index contributed by atoms with van der Waals surface area (Å²) in [4.78, 5) is 28.2. The van der Waals surface area contributed by atoms with Gasteiger partial charge in [0.1, 0.15) is 17.8 Å². The SMILES string of the molecule is O=C(Cc1ccccn1)c1cc(Oc2cncnc2)ccn1. The highest BCUT2D eigenvalue weighted by molar-refractivity contribution is 5.95. The van der Waals surface area contributed by atoms with E-state index in [1.54, 1.807) is 36.8 Å². The molecule has 0 aliphatic heterocycles. The van der Waals surface area contributed by atoms with Crippen molar-refractivity contribution in [2.75, 3.05) is 0 Å². The van der Waals surface area contributed by atoms with Crippen LogP contribution in [0.4, 0.5) is 0 Å². The van der Waals surface area contributed by atoms with E-state index in [9.17, 15) is 4.79 Å². The molecule has 3 rings (SSSR count). The van der Waals surface area contributed by atoms with Gasteiger partial charge in [-0.1, -0.05) is 6.07 Å². The van der Waals surface area contributed by atoms with Gasteiger partial charge in [0.15, 0.2) is 11.5 Å². The zero-order chi connectivity index (χ0) is 15.2. The first kappa shape index (κ1) is 13.8. The van der Waals surface area contributed by atoms with Crippen LogP contribution in [0, 0.1) is 0 Å². The van der Waals surface area contributed by atoms with Gasteiger partial charge >= 0.3 is 0 Å². The van der Waals surface area contributed by atoms with Gasteiger partial charge in [0, 0.05) is 24.2 Å². The lowest BCUT2D eigenvalue weighted by molar-refractivity contribution is 0.0987. The minimum absolute atomic E-state index is 0.117. The van der Waals surface area contributed by atoms with Crippen LogP contribution in [-0.4, -0.2) is 25.7 Å². The van der Waals surface area contributed by atoms with Gasteiger partial charge in [0.2, 0.25) is 0 Å². The molecule has 0 saturated heterocycles. The highest BCUT2D eigenvalue weighted by Gasteiger charge is 2.10. The number of aromatic nitrogens is 4. The van der Waals surface area contributed by atoms with Gasteiger partial charge in [-0.2, -0.15) is 0 Å². The van der Waals surface area contributed by atoms with Gasteiger partial charge in [-0.25, -0.2) is 9.97 Å². The molecule has 0 unspecified atom stereocenters. The minimum atomic E-state index is -0.117. The number of carbonyl (C=O) groups is 1. The van der Waals surface area contributed by atoms with Crippen molar-refractivity contribution in [3.8, 4) is 11.5 Å². The van der Waals surface area contributed by atoms with Gasteiger partial charge in [-0.15, -0.1) is 0 Å². The lowest BCUT2D eigenvalue weighted by Gasteiger charge is -2.06. The average Bonchev–Trinajstić information content (AvgIpc) is 2.57. The summed E-state index contributed by atoms with van der Waals surface area (Å²) in [5.74, 6) is 0.888. The maximum atomic E-state index is 12.2. The van der Waals surface area contributed by atoms with E-state index in [-0.39, 0.29) is 12.2 Å². The van der Waals surface area contributed by atoms with Crippen LogP contribution in [0.15, 0.2) is 61.4 Å². The van der Waals surface area contributed by atoms with Crippen molar-refractivity contribution in [1.82, 2.24) is 19.9 Å². The van der Waals surface area contributed by atoms with E-state index in [1.807, 2.05) is 12.1 Å². The first-order valence-electron chi connectivity index (χ1n) is 6.63. The maximum Gasteiger partial charge on any atom is 0.187 e. The predicted molar refractivity (Wildman–Crippen MR) is 78.6 cm³/mol. The van der Waals surface area contributed by atoms with Crippen LogP contribution in [0.25, 0.3) is 0 Å². The molecular weight excluding hydrogens is 280 g/mol. The summed E-state index contributed by atoms with van der Waals surface area (Å²) in [6.45, 7) is 0. The van der Waals surface area contributed by atoms with Crippen LogP contribution in [0.2, 0.25) is 0 Å². The first-order valence-corrected chi connectivity index (χ1v) is 6.63. The number of Topliss-reactive ketones (excluding diaryl/α,β-unsaturated/α-hetero) is 1. The molecule has 6 nitrogen and oxygen atoms in total. The second kappa shape index (κ2) is 6.53. The Morgan fingerprint density at radius 2 is 1.86 bits per heavy atom. The highest BCUT2D eigenvalue weighted by Crippen LogP contribution is 2.20. The minimum Gasteiger partial charge on any atom is -0.454 e. The third kappa shape index (κ3) is 3.49. The molecule has 3 aromatic rings. The molecule has 0 amide bonds. The van der Waals surface area contributed by atoms with Crippen molar-refractivity contribution in [2.45, 2.75) is 6.42 Å². The normalized spacial score (nSPS) is 10.2. The van der Waals surface area contributed by atoms with Crippen molar-refractivity contribution < 1.29 is 9.53 Å². The Morgan fingerprint density at radius 1 is 1.00 bits per heavy atom. The van der Waals surface area contributed by atoms with E-state index in [1.165, 1.54) is 12.5 Å². The fourth-order valence-corrected chi connectivity index (χ4v) is 1.86. The fourth-order valence-electron chi connectivity index (χ4n) is 1.86. The second-order valence-electron chi connectivity index (χ2n) is 4.47. The molecule has 108 valence electrons. The zero-order valence-electron chi connectivity index (χ0n) is 11.6. The molecule has 3 aromatic heterocycles. The molecule has 0 N–H and O–H groups in total. The summed E-state index contributed by atoms with van der Waals surface area (Å²) < 4.78 is 5.59. The Hall–Kier alpha value is -3.15. The predicted octanol–water partition coefficient (Wildman–Crippen LogP) is 2.48. The Bertz CT molecular complexity index is 763. The van der Waals surface area contributed by atoms with E-state index < -0.39 is 0 Å². The third-order valence-corrected chi connectivity index (χ3v) is 2.86. The van der Waals surface area contributed by atoms with Crippen LogP contribution in [0.5, 0.6) is 11.5 Å². The van der Waals surface area contributed by atoms with Gasteiger partial charge in [0.05, 0.1) is 18.8 Å². The van der Waals surface area contributed by atoms with Crippen molar-refractivity contribution in [3.63, 3.8) is 0 Å². The summed E-state index contributed by atoms with van der Waals surface area (Å²) in [5.41, 5.74) is 1.04. The summed E-state index contributed by atoms with van der Waals surface area (Å²) in [6, 6.07) is 8.73. The van der Waals surface area contributed by atoms with Crippen molar-refractivity contribution in [3.05, 3.63) is 72.8 Å². The molecule has 3 heterocycles. The van der Waals surface area contributed by atoms with E-state index in [4.69, 9.17) is 4.74 Å². The Balaban J connectivity index is 1.75. The van der Waals surface area contributed by atoms with Gasteiger partial charge in [-0.05, 0) is 18.2 Å². The van der Waals surface area contributed by atoms with Crippen LogP contribution in [0.1, 0.15) is 16.2 Å². The summed E-state index contributed by atoms with van der Waals surface area (Å²) in [7, 11) is 0. The van der Waals surface area contributed by atoms with Crippen molar-refractivity contribution in [2.24, 2.45) is 0 Å². The molecule has 0 atom stereocenters. The number of carbonyl (C=O) groups excluding carboxylic acids is 1. The van der Waals surface area contributed by atoms with Gasteiger partial charge in [0.25, 0.3) is 0 Å². The lowest BCUT2D eigenvalue weighted by atomic mass is 10.1. The molecule has 0 spiro atoms. The third-order valence-electron chi connectivity index (χ3n) is 2.86. The zero-order valence-corrected chi connectivity index (χ0v) is 11.6.